The van der Waals surface area contributed by atoms with Gasteiger partial charge in [0.2, 0.25) is 0 Å². The molecule has 0 aliphatic carbocycles. The largest absolute Gasteiger partial charge is 0.475 e. The zero-order valence-corrected chi connectivity index (χ0v) is 17.0. The van der Waals surface area contributed by atoms with Gasteiger partial charge in [-0.15, -0.1) is 0 Å². The first-order chi connectivity index (χ1) is 11.9. The fourth-order valence-electron chi connectivity index (χ4n) is 2.33. The number of hydrogen-bond donors (Lipinski definition) is 1. The first-order valence-corrected chi connectivity index (χ1v) is 8.94. The fraction of sp³-hybridized carbons (Fsp3) is 0.571. The summed E-state index contributed by atoms with van der Waals surface area (Å²) in [4.78, 5) is 4.25. The molecule has 26 heavy (non-hydrogen) atoms. The Hall–Kier alpha value is -2.35. The Kier molecular flexibility index (Phi) is 7.38. The van der Waals surface area contributed by atoms with Gasteiger partial charge in [-0.05, 0) is 71.6 Å². The molecule has 0 heterocycles. The van der Waals surface area contributed by atoms with E-state index in [1.165, 1.54) is 0 Å². The molecule has 1 aromatic carbocycles. The summed E-state index contributed by atoms with van der Waals surface area (Å²) < 4.78 is 11.4. The number of amidine groups is 1. The maximum atomic E-state index is 9.05. The Bertz CT molecular complexity index is 688. The molecule has 0 aromatic heterocycles. The van der Waals surface area contributed by atoms with Crippen molar-refractivity contribution in [1.82, 2.24) is 0 Å². The predicted octanol–water partition coefficient (Wildman–Crippen LogP) is 5.41. The third kappa shape index (κ3) is 8.66. The maximum absolute atomic E-state index is 9.05. The van der Waals surface area contributed by atoms with Crippen molar-refractivity contribution in [3.63, 3.8) is 0 Å². The number of aliphatic imine (C=N–C) groups is 1. The van der Waals surface area contributed by atoms with Crippen LogP contribution in [0.15, 0.2) is 29.3 Å². The normalized spacial score (nSPS) is 13.7. The molecule has 0 aliphatic rings. The van der Waals surface area contributed by atoms with Crippen molar-refractivity contribution >= 4 is 11.9 Å². The summed E-state index contributed by atoms with van der Waals surface area (Å²) in [5, 5.41) is 17.0. The zero-order chi connectivity index (χ0) is 20.0. The molecule has 0 radical (unpaired) electrons. The van der Waals surface area contributed by atoms with Crippen LogP contribution in [-0.4, -0.2) is 23.1 Å². The van der Waals surface area contributed by atoms with E-state index in [4.69, 9.17) is 20.1 Å². The van der Waals surface area contributed by atoms with Crippen LogP contribution in [0.3, 0.4) is 0 Å². The van der Waals surface area contributed by atoms with Gasteiger partial charge in [0.25, 0.3) is 0 Å². The molecule has 5 nitrogen and oxygen atoms in total. The van der Waals surface area contributed by atoms with Gasteiger partial charge in [0.15, 0.2) is 5.90 Å². The summed E-state index contributed by atoms with van der Waals surface area (Å²) in [7, 11) is 0. The predicted molar refractivity (Wildman–Crippen MR) is 106 cm³/mol. The number of nitrogens with zero attached hydrogens (tertiary/aromatic N) is 2. The summed E-state index contributed by atoms with van der Waals surface area (Å²) >= 11 is 0. The van der Waals surface area contributed by atoms with Gasteiger partial charge in [-0.3, -0.25) is 0 Å². The minimum atomic E-state index is -0.474. The fourth-order valence-corrected chi connectivity index (χ4v) is 2.33. The first kappa shape index (κ1) is 21.7. The Labute approximate surface area is 157 Å². The maximum Gasteiger partial charge on any atom is 0.312 e. The smallest absolute Gasteiger partial charge is 0.312 e. The van der Waals surface area contributed by atoms with Crippen molar-refractivity contribution in [3.05, 3.63) is 35.4 Å². The second-order valence-corrected chi connectivity index (χ2v) is 8.42. The molecular weight excluding hydrogens is 326 g/mol. The van der Waals surface area contributed by atoms with Gasteiger partial charge in [0, 0.05) is 6.42 Å². The van der Waals surface area contributed by atoms with E-state index >= 15 is 0 Å². The molecule has 1 rings (SSSR count). The highest BCUT2D eigenvalue weighted by atomic mass is 16.5. The molecule has 0 amide bonds. The summed E-state index contributed by atoms with van der Waals surface area (Å²) in [5.74, 6) is 0.741. The molecule has 0 fully saturated rings. The molecule has 1 unspecified atom stereocenters. The van der Waals surface area contributed by atoms with Gasteiger partial charge >= 0.3 is 6.02 Å². The number of hydrogen-bond acceptors (Lipinski definition) is 4. The number of ether oxygens (including phenoxy) is 2. The summed E-state index contributed by atoms with van der Waals surface area (Å²) in [6.07, 6.45) is 1.39. The second-order valence-electron chi connectivity index (χ2n) is 8.42. The zero-order valence-electron chi connectivity index (χ0n) is 17.0. The quantitative estimate of drug-likeness (QED) is 0.578. The Morgan fingerprint density at radius 2 is 1.77 bits per heavy atom. The van der Waals surface area contributed by atoms with E-state index in [9.17, 15) is 0 Å². The van der Waals surface area contributed by atoms with Gasteiger partial charge in [-0.1, -0.05) is 19.1 Å². The third-order valence-corrected chi connectivity index (χ3v) is 3.43. The van der Waals surface area contributed by atoms with Gasteiger partial charge in [-0.2, -0.15) is 10.3 Å². The van der Waals surface area contributed by atoms with Gasteiger partial charge in [-0.25, -0.2) is 5.41 Å². The van der Waals surface area contributed by atoms with E-state index < -0.39 is 11.2 Å². The molecule has 5 heteroatoms. The van der Waals surface area contributed by atoms with Gasteiger partial charge < -0.3 is 9.47 Å². The van der Waals surface area contributed by atoms with Crippen LogP contribution in [0.25, 0.3) is 0 Å². The molecule has 142 valence electrons. The molecule has 0 bridgehead atoms. The minimum absolute atomic E-state index is 0.143. The van der Waals surface area contributed by atoms with Crippen molar-refractivity contribution in [1.29, 1.82) is 10.7 Å². The van der Waals surface area contributed by atoms with Crippen LogP contribution in [-0.2, 0) is 9.47 Å². The van der Waals surface area contributed by atoms with E-state index in [0.29, 0.717) is 17.9 Å². The molecule has 1 aromatic rings. The van der Waals surface area contributed by atoms with Crippen molar-refractivity contribution in [2.45, 2.75) is 78.4 Å². The standard InChI is InChI=1S/C21H31N3O2/c1-15(17-10-8-9-16(13-17)14-22)11-12-18(25-20(2,3)4)24-19(23)26-21(5,6)7/h8-10,13,15,23H,11-12H2,1-7H3/b23-19?,24-18+. The van der Waals surface area contributed by atoms with Crippen LogP contribution in [0.1, 0.15) is 78.4 Å². The van der Waals surface area contributed by atoms with E-state index in [1.807, 2.05) is 59.7 Å². The summed E-state index contributed by atoms with van der Waals surface area (Å²) in [6.45, 7) is 13.6. The Balaban J connectivity index is 2.85. The van der Waals surface area contributed by atoms with Crippen molar-refractivity contribution in [2.75, 3.05) is 0 Å². The lowest BCUT2D eigenvalue weighted by Crippen LogP contribution is -2.27. The molecule has 0 saturated heterocycles. The van der Waals surface area contributed by atoms with Crippen molar-refractivity contribution in [3.8, 4) is 6.07 Å². The monoisotopic (exact) mass is 357 g/mol. The number of benzene rings is 1. The highest BCUT2D eigenvalue weighted by molar-refractivity contribution is 5.89. The summed E-state index contributed by atoms with van der Waals surface area (Å²) in [5.41, 5.74) is 0.901. The lowest BCUT2D eigenvalue weighted by atomic mass is 9.95. The van der Waals surface area contributed by atoms with Crippen molar-refractivity contribution < 1.29 is 9.47 Å². The second kappa shape index (κ2) is 8.84. The van der Waals surface area contributed by atoms with E-state index in [2.05, 4.69) is 18.0 Å². The lowest BCUT2D eigenvalue weighted by molar-refractivity contribution is 0.104. The Morgan fingerprint density at radius 3 is 2.31 bits per heavy atom. The first-order valence-electron chi connectivity index (χ1n) is 8.94. The van der Waals surface area contributed by atoms with Gasteiger partial charge in [0.1, 0.15) is 11.2 Å². The van der Waals surface area contributed by atoms with Crippen LogP contribution in [0.4, 0.5) is 0 Å². The molecule has 1 N–H and O–H groups in total. The highest BCUT2D eigenvalue weighted by Crippen LogP contribution is 2.23. The molecule has 0 aliphatic heterocycles. The molecule has 0 spiro atoms. The average Bonchev–Trinajstić information content (AvgIpc) is 2.49. The number of rotatable bonds is 4. The SMILES string of the molecule is CC(CC/C(=N\C(=N)OC(C)(C)C)OC(C)(C)C)c1cccc(C#N)c1. The van der Waals surface area contributed by atoms with Crippen LogP contribution >= 0.6 is 0 Å². The number of nitriles is 1. The van der Waals surface area contributed by atoms with E-state index in [-0.39, 0.29) is 11.9 Å². The minimum Gasteiger partial charge on any atom is -0.475 e. The van der Waals surface area contributed by atoms with E-state index in [0.717, 1.165) is 12.0 Å². The van der Waals surface area contributed by atoms with Crippen LogP contribution < -0.4 is 0 Å². The highest BCUT2D eigenvalue weighted by Gasteiger charge is 2.19. The van der Waals surface area contributed by atoms with Crippen LogP contribution in [0.2, 0.25) is 0 Å². The van der Waals surface area contributed by atoms with Crippen LogP contribution in [0.5, 0.6) is 0 Å². The topological polar surface area (TPSA) is 78.5 Å². The summed E-state index contributed by atoms with van der Waals surface area (Å²) in [6, 6.07) is 9.67. The molecular formula is C21H31N3O2. The van der Waals surface area contributed by atoms with E-state index in [1.54, 1.807) is 6.07 Å². The van der Waals surface area contributed by atoms with Crippen molar-refractivity contribution in [2.24, 2.45) is 4.99 Å². The third-order valence-electron chi connectivity index (χ3n) is 3.43. The molecule has 0 saturated carbocycles. The lowest BCUT2D eigenvalue weighted by Gasteiger charge is -2.24. The molecule has 1 atom stereocenters. The number of nitrogens with one attached hydrogen (secondary N) is 1. The Morgan fingerprint density at radius 1 is 1.15 bits per heavy atom. The van der Waals surface area contributed by atoms with Gasteiger partial charge in [0.05, 0.1) is 11.6 Å². The average molecular weight is 357 g/mol. The van der Waals surface area contributed by atoms with Crippen LogP contribution in [0, 0.1) is 16.7 Å².